The van der Waals surface area contributed by atoms with Crippen molar-refractivity contribution >= 4 is 37.0 Å². The molecular formula is C27H28N4O7S2. The maximum Gasteiger partial charge on any atom is 0.331 e. The molecule has 4 aromatic rings. The van der Waals surface area contributed by atoms with E-state index < -0.39 is 38.1 Å². The van der Waals surface area contributed by atoms with E-state index in [1.807, 2.05) is 19.1 Å². The zero-order valence-electron chi connectivity index (χ0n) is 21.7. The van der Waals surface area contributed by atoms with Crippen LogP contribution in [0.4, 0.5) is 0 Å². The fourth-order valence-electron chi connectivity index (χ4n) is 5.02. The molecule has 0 unspecified atom stereocenters. The van der Waals surface area contributed by atoms with Crippen LogP contribution in [0.5, 0.6) is 0 Å². The van der Waals surface area contributed by atoms with E-state index in [-0.39, 0.29) is 34.7 Å². The number of benzene rings is 2. The van der Waals surface area contributed by atoms with E-state index in [4.69, 9.17) is 0 Å². The molecule has 0 radical (unpaired) electrons. The average molecular weight is 585 g/mol. The molecule has 13 heteroatoms. The van der Waals surface area contributed by atoms with Gasteiger partial charge in [0, 0.05) is 25.3 Å². The van der Waals surface area contributed by atoms with Crippen LogP contribution in [-0.2, 0) is 37.0 Å². The Bertz CT molecular complexity index is 1840. The first kappa shape index (κ1) is 27.7. The molecule has 0 spiro atoms. The van der Waals surface area contributed by atoms with Crippen LogP contribution >= 0.6 is 0 Å². The molecule has 210 valence electrons. The molecule has 3 heterocycles. The van der Waals surface area contributed by atoms with Crippen molar-refractivity contribution in [1.29, 1.82) is 0 Å². The molecule has 1 fully saturated rings. The van der Waals surface area contributed by atoms with Gasteiger partial charge in [0.2, 0.25) is 10.0 Å². The molecule has 5 rings (SSSR count). The van der Waals surface area contributed by atoms with Crippen LogP contribution in [0.2, 0.25) is 0 Å². The fourth-order valence-corrected chi connectivity index (χ4v) is 7.84. The van der Waals surface area contributed by atoms with Gasteiger partial charge in [0.05, 0.1) is 21.1 Å². The Labute approximate surface area is 231 Å². The summed E-state index contributed by atoms with van der Waals surface area (Å²) in [5.41, 5.74) is 1.93. The van der Waals surface area contributed by atoms with Gasteiger partial charge in [-0.25, -0.2) is 26.6 Å². The maximum atomic E-state index is 13.3. The molecule has 11 nitrogen and oxygen atoms in total. The Morgan fingerprint density at radius 2 is 1.57 bits per heavy atom. The molecule has 0 amide bonds. The second-order valence-corrected chi connectivity index (χ2v) is 13.8. The summed E-state index contributed by atoms with van der Waals surface area (Å²) in [5, 5.41) is 9.24. The molecule has 1 aliphatic heterocycles. The lowest BCUT2D eigenvalue weighted by molar-refractivity contribution is -0.137. The first-order valence-electron chi connectivity index (χ1n) is 12.6. The highest BCUT2D eigenvalue weighted by molar-refractivity contribution is 7.90. The van der Waals surface area contributed by atoms with E-state index in [0.29, 0.717) is 29.6 Å². The number of sulfone groups is 1. The van der Waals surface area contributed by atoms with Gasteiger partial charge in [-0.15, -0.1) is 0 Å². The minimum Gasteiger partial charge on any atom is -0.480 e. The van der Waals surface area contributed by atoms with Gasteiger partial charge in [0.25, 0.3) is 0 Å². The van der Waals surface area contributed by atoms with Crippen LogP contribution in [0.3, 0.4) is 0 Å². The van der Waals surface area contributed by atoms with Crippen LogP contribution in [0.15, 0.2) is 81.4 Å². The number of aliphatic carboxylic acids is 1. The Morgan fingerprint density at radius 3 is 2.20 bits per heavy atom. The number of hydrogen-bond acceptors (Lipinski definition) is 7. The quantitative estimate of drug-likeness (QED) is 0.332. The monoisotopic (exact) mass is 584 g/mol. The standard InChI is InChI=1S/C27H28N4O7S2/c1-19-4-6-20(7-5-19)18-39(35,36)22-8-10-23(11-9-22)40(37,38)29-15-12-21(13-16-29)31-26-24(3-2-14-28-26)30(27(31)34)17-25(32)33/h2-11,14,21H,12-13,15-18H2,1H3,(H,32,33). The van der Waals surface area contributed by atoms with Gasteiger partial charge in [-0.05, 0) is 61.7 Å². The number of aryl methyl sites for hydroxylation is 1. The second kappa shape index (κ2) is 10.6. The van der Waals surface area contributed by atoms with Gasteiger partial charge in [-0.1, -0.05) is 29.8 Å². The number of carboxylic acids is 1. The third kappa shape index (κ3) is 5.31. The third-order valence-electron chi connectivity index (χ3n) is 7.10. The number of carbonyl (C=O) groups is 1. The molecule has 1 aliphatic rings. The predicted octanol–water partition coefficient (Wildman–Crippen LogP) is 2.59. The van der Waals surface area contributed by atoms with Crippen molar-refractivity contribution in [2.24, 2.45) is 0 Å². The highest BCUT2D eigenvalue weighted by atomic mass is 32.2. The maximum absolute atomic E-state index is 13.3. The number of hydrogen-bond donors (Lipinski definition) is 1. The SMILES string of the molecule is Cc1ccc(CS(=O)(=O)c2ccc(S(=O)(=O)N3CCC(n4c(=O)n(CC(=O)O)c5cccnc54)CC3)cc2)cc1. The number of pyridine rings is 1. The second-order valence-electron chi connectivity index (χ2n) is 9.83. The minimum atomic E-state index is -3.90. The topological polar surface area (TPSA) is 149 Å². The summed E-state index contributed by atoms with van der Waals surface area (Å²) < 4.78 is 56.4. The largest absolute Gasteiger partial charge is 0.480 e. The molecule has 40 heavy (non-hydrogen) atoms. The zero-order valence-corrected chi connectivity index (χ0v) is 23.3. The zero-order chi connectivity index (χ0) is 28.7. The van der Waals surface area contributed by atoms with Gasteiger partial charge in [0.15, 0.2) is 15.5 Å². The summed E-state index contributed by atoms with van der Waals surface area (Å²) >= 11 is 0. The van der Waals surface area contributed by atoms with Crippen molar-refractivity contribution in [1.82, 2.24) is 18.4 Å². The van der Waals surface area contributed by atoms with Gasteiger partial charge < -0.3 is 5.11 Å². The van der Waals surface area contributed by atoms with Crippen molar-refractivity contribution in [2.75, 3.05) is 13.1 Å². The van der Waals surface area contributed by atoms with E-state index in [2.05, 4.69) is 4.98 Å². The van der Waals surface area contributed by atoms with Crippen LogP contribution in [0, 0.1) is 6.92 Å². The number of fused-ring (bicyclic) bond motifs is 1. The lowest BCUT2D eigenvalue weighted by atomic mass is 10.1. The Balaban J connectivity index is 1.32. The number of carboxylic acid groups (broad SMARTS) is 1. The summed E-state index contributed by atoms with van der Waals surface area (Å²) in [5.74, 6) is -1.34. The average Bonchev–Trinajstić information content (AvgIpc) is 3.20. The first-order chi connectivity index (χ1) is 19.0. The smallest absolute Gasteiger partial charge is 0.331 e. The predicted molar refractivity (Wildman–Crippen MR) is 147 cm³/mol. The molecule has 0 saturated carbocycles. The van der Waals surface area contributed by atoms with Crippen molar-refractivity contribution in [2.45, 2.75) is 47.9 Å². The van der Waals surface area contributed by atoms with Gasteiger partial charge in [-0.3, -0.25) is 13.9 Å². The summed E-state index contributed by atoms with van der Waals surface area (Å²) in [6, 6.07) is 15.3. The normalized spacial score (nSPS) is 15.4. The van der Waals surface area contributed by atoms with Crippen molar-refractivity contribution < 1.29 is 26.7 Å². The van der Waals surface area contributed by atoms with E-state index in [1.54, 1.807) is 24.3 Å². The summed E-state index contributed by atoms with van der Waals surface area (Å²) in [4.78, 5) is 28.7. The number of imidazole rings is 1. The number of aromatic nitrogens is 3. The van der Waals surface area contributed by atoms with Crippen molar-refractivity contribution in [3.63, 3.8) is 0 Å². The van der Waals surface area contributed by atoms with Crippen LogP contribution < -0.4 is 5.69 Å². The number of sulfonamides is 1. The highest BCUT2D eigenvalue weighted by Gasteiger charge is 2.32. The van der Waals surface area contributed by atoms with Crippen molar-refractivity contribution in [3.05, 3.63) is 88.5 Å². The van der Waals surface area contributed by atoms with E-state index in [9.17, 15) is 31.5 Å². The molecule has 2 aromatic heterocycles. The molecule has 1 saturated heterocycles. The Kier molecular flexibility index (Phi) is 7.38. The van der Waals surface area contributed by atoms with E-state index in [0.717, 1.165) is 10.1 Å². The molecule has 0 bridgehead atoms. The molecular weight excluding hydrogens is 556 g/mol. The van der Waals surface area contributed by atoms with Gasteiger partial charge in [-0.2, -0.15) is 4.31 Å². The van der Waals surface area contributed by atoms with Crippen LogP contribution in [-0.4, -0.2) is 59.4 Å². The first-order valence-corrected chi connectivity index (χ1v) is 15.7. The van der Waals surface area contributed by atoms with Crippen LogP contribution in [0.1, 0.15) is 30.0 Å². The number of piperidine rings is 1. The molecule has 1 N–H and O–H groups in total. The Morgan fingerprint density at radius 1 is 0.950 bits per heavy atom. The number of nitrogens with zero attached hydrogens (tertiary/aromatic N) is 4. The molecule has 2 aromatic carbocycles. The highest BCUT2D eigenvalue weighted by Crippen LogP contribution is 2.29. The van der Waals surface area contributed by atoms with Gasteiger partial charge in [0.1, 0.15) is 6.54 Å². The minimum absolute atomic E-state index is 0.0165. The fraction of sp³-hybridized carbons (Fsp3) is 0.296. The lowest BCUT2D eigenvalue weighted by Crippen LogP contribution is -2.41. The Hall–Kier alpha value is -3.81. The lowest BCUT2D eigenvalue weighted by Gasteiger charge is -2.31. The number of rotatable bonds is 8. The molecule has 0 atom stereocenters. The van der Waals surface area contributed by atoms with Gasteiger partial charge >= 0.3 is 11.7 Å². The van der Waals surface area contributed by atoms with E-state index >= 15 is 0 Å². The van der Waals surface area contributed by atoms with Crippen LogP contribution in [0.25, 0.3) is 11.2 Å². The summed E-state index contributed by atoms with van der Waals surface area (Å²) in [6.07, 6.45) is 2.17. The summed E-state index contributed by atoms with van der Waals surface area (Å²) in [7, 11) is -7.57. The van der Waals surface area contributed by atoms with E-state index in [1.165, 1.54) is 39.3 Å². The summed E-state index contributed by atoms with van der Waals surface area (Å²) in [6.45, 7) is 1.67. The molecule has 0 aliphatic carbocycles. The van der Waals surface area contributed by atoms with Crippen molar-refractivity contribution in [3.8, 4) is 0 Å². The third-order valence-corrected chi connectivity index (χ3v) is 10.7.